The molecule has 0 bridgehead atoms. The molecule has 2 heterocycles. The molecule has 2 aromatic heterocycles. The minimum atomic E-state index is -0.732. The zero-order valence-corrected chi connectivity index (χ0v) is 17.1. The van der Waals surface area contributed by atoms with Crippen LogP contribution >= 0.6 is 11.3 Å². The van der Waals surface area contributed by atoms with Crippen molar-refractivity contribution in [2.75, 3.05) is 5.32 Å². The number of aromatic nitrogens is 2. The van der Waals surface area contributed by atoms with Crippen LogP contribution in [-0.2, 0) is 9.53 Å². The van der Waals surface area contributed by atoms with Crippen molar-refractivity contribution in [3.05, 3.63) is 51.7 Å². The number of anilines is 1. The van der Waals surface area contributed by atoms with E-state index in [9.17, 15) is 9.59 Å². The third kappa shape index (κ3) is 4.12. The van der Waals surface area contributed by atoms with Gasteiger partial charge in [-0.15, -0.1) is 21.5 Å². The summed E-state index contributed by atoms with van der Waals surface area (Å²) in [4.78, 5) is 25.1. The average Bonchev–Trinajstić information content (AvgIpc) is 3.21. The second kappa shape index (κ2) is 7.93. The van der Waals surface area contributed by atoms with Gasteiger partial charge in [-0.2, -0.15) is 0 Å². The van der Waals surface area contributed by atoms with E-state index in [4.69, 9.17) is 9.15 Å². The molecule has 1 aromatic carbocycles. The summed E-state index contributed by atoms with van der Waals surface area (Å²) in [5.74, 6) is -0.231. The van der Waals surface area contributed by atoms with Gasteiger partial charge in [0, 0.05) is 17.4 Å². The molecule has 8 heteroatoms. The number of nitrogens with one attached hydrogen (secondary N) is 1. The van der Waals surface area contributed by atoms with Gasteiger partial charge in [0.05, 0.1) is 5.56 Å². The number of rotatable bonds is 5. The lowest BCUT2D eigenvalue weighted by Crippen LogP contribution is -2.14. The van der Waals surface area contributed by atoms with Crippen LogP contribution in [0.2, 0.25) is 0 Å². The van der Waals surface area contributed by atoms with Gasteiger partial charge >= 0.3 is 5.97 Å². The second-order valence-electron chi connectivity index (χ2n) is 6.53. The number of hydrogen-bond acceptors (Lipinski definition) is 7. The van der Waals surface area contributed by atoms with Crippen molar-refractivity contribution in [3.8, 4) is 11.5 Å². The molecular formula is C20H21N3O4S. The highest BCUT2D eigenvalue weighted by molar-refractivity contribution is 7.16. The number of hydrogen-bond donors (Lipinski definition) is 1. The SMILES string of the molecule is CC(=O)Nc1sc(C)c(C)c1C(=O)O[C@@H](C)c1nnc(-c2ccc(C)cc2)o1. The van der Waals surface area contributed by atoms with E-state index in [0.29, 0.717) is 16.5 Å². The Morgan fingerprint density at radius 1 is 1.14 bits per heavy atom. The Morgan fingerprint density at radius 2 is 1.82 bits per heavy atom. The summed E-state index contributed by atoms with van der Waals surface area (Å²) in [6, 6.07) is 7.68. The van der Waals surface area contributed by atoms with Gasteiger partial charge in [-0.3, -0.25) is 4.79 Å². The fourth-order valence-electron chi connectivity index (χ4n) is 2.60. The molecule has 0 aliphatic rings. The van der Waals surface area contributed by atoms with Crippen molar-refractivity contribution in [2.24, 2.45) is 0 Å². The van der Waals surface area contributed by atoms with Crippen molar-refractivity contribution in [1.82, 2.24) is 10.2 Å². The number of esters is 1. The molecule has 3 aromatic rings. The first-order valence-electron chi connectivity index (χ1n) is 8.75. The van der Waals surface area contributed by atoms with E-state index in [1.807, 2.05) is 45.0 Å². The molecule has 0 spiro atoms. The molecule has 3 rings (SSSR count). The van der Waals surface area contributed by atoms with E-state index >= 15 is 0 Å². The Bertz CT molecular complexity index is 1020. The van der Waals surface area contributed by atoms with Gasteiger partial charge in [-0.25, -0.2) is 4.79 Å². The molecule has 28 heavy (non-hydrogen) atoms. The Balaban J connectivity index is 1.78. The van der Waals surface area contributed by atoms with Crippen LogP contribution in [-0.4, -0.2) is 22.1 Å². The Hall–Kier alpha value is -3.00. The van der Waals surface area contributed by atoms with Crippen LogP contribution < -0.4 is 5.32 Å². The van der Waals surface area contributed by atoms with Crippen molar-refractivity contribution >= 4 is 28.2 Å². The first-order chi connectivity index (χ1) is 13.3. The topological polar surface area (TPSA) is 94.3 Å². The highest BCUT2D eigenvalue weighted by atomic mass is 32.1. The lowest BCUT2D eigenvalue weighted by molar-refractivity contribution is -0.114. The predicted octanol–water partition coefficient (Wildman–Crippen LogP) is 4.60. The molecule has 146 valence electrons. The van der Waals surface area contributed by atoms with Crippen LogP contribution in [0.3, 0.4) is 0 Å². The average molecular weight is 399 g/mol. The molecule has 0 aliphatic heterocycles. The summed E-state index contributed by atoms with van der Waals surface area (Å²) in [7, 11) is 0. The van der Waals surface area contributed by atoms with Crippen LogP contribution in [0.15, 0.2) is 28.7 Å². The summed E-state index contributed by atoms with van der Waals surface area (Å²) >= 11 is 1.34. The van der Waals surface area contributed by atoms with Crippen molar-refractivity contribution < 1.29 is 18.7 Å². The molecule has 0 radical (unpaired) electrons. The molecule has 1 amide bonds. The maximum absolute atomic E-state index is 12.7. The zero-order valence-electron chi connectivity index (χ0n) is 16.3. The first-order valence-corrected chi connectivity index (χ1v) is 9.57. The maximum Gasteiger partial charge on any atom is 0.342 e. The third-order valence-corrected chi connectivity index (χ3v) is 5.37. The third-order valence-electron chi connectivity index (χ3n) is 4.25. The Morgan fingerprint density at radius 3 is 2.46 bits per heavy atom. The molecule has 0 saturated heterocycles. The number of carbonyl (C=O) groups is 2. The molecule has 7 nitrogen and oxygen atoms in total. The fraction of sp³-hybridized carbons (Fsp3) is 0.300. The first kappa shape index (κ1) is 19.8. The van der Waals surface area contributed by atoms with E-state index in [1.165, 1.54) is 18.3 Å². The summed E-state index contributed by atoms with van der Waals surface area (Å²) in [6.07, 6.45) is -0.732. The number of carbonyl (C=O) groups excluding carboxylic acids is 2. The van der Waals surface area contributed by atoms with E-state index in [2.05, 4.69) is 15.5 Å². The van der Waals surface area contributed by atoms with Crippen LogP contribution in [0.5, 0.6) is 0 Å². The molecular weight excluding hydrogens is 378 g/mol. The van der Waals surface area contributed by atoms with E-state index < -0.39 is 12.1 Å². The monoisotopic (exact) mass is 399 g/mol. The lowest BCUT2D eigenvalue weighted by Gasteiger charge is -2.11. The normalized spacial score (nSPS) is 11.9. The molecule has 0 saturated carbocycles. The predicted molar refractivity (Wildman–Crippen MR) is 106 cm³/mol. The summed E-state index contributed by atoms with van der Waals surface area (Å²) in [5, 5.41) is 11.2. The van der Waals surface area contributed by atoms with Gasteiger partial charge in [0.1, 0.15) is 5.00 Å². The largest absolute Gasteiger partial charge is 0.449 e. The number of benzene rings is 1. The number of aryl methyl sites for hydroxylation is 2. The summed E-state index contributed by atoms with van der Waals surface area (Å²) in [5.41, 5.74) is 3.04. The summed E-state index contributed by atoms with van der Waals surface area (Å²) in [6.45, 7) is 8.76. The minimum Gasteiger partial charge on any atom is -0.449 e. The second-order valence-corrected chi connectivity index (χ2v) is 7.75. The summed E-state index contributed by atoms with van der Waals surface area (Å²) < 4.78 is 11.2. The maximum atomic E-state index is 12.7. The lowest BCUT2D eigenvalue weighted by atomic mass is 10.1. The molecule has 1 N–H and O–H groups in total. The molecule has 0 unspecified atom stereocenters. The molecule has 0 aliphatic carbocycles. The van der Waals surface area contributed by atoms with Gasteiger partial charge in [0.25, 0.3) is 5.89 Å². The Labute approximate surface area is 166 Å². The highest BCUT2D eigenvalue weighted by Crippen LogP contribution is 2.34. The highest BCUT2D eigenvalue weighted by Gasteiger charge is 2.25. The van der Waals surface area contributed by atoms with Crippen LogP contribution in [0.4, 0.5) is 5.00 Å². The van der Waals surface area contributed by atoms with Gasteiger partial charge in [0.2, 0.25) is 11.8 Å². The number of nitrogens with zero attached hydrogens (tertiary/aromatic N) is 2. The number of ether oxygens (including phenoxy) is 1. The van der Waals surface area contributed by atoms with Gasteiger partial charge in [-0.1, -0.05) is 17.7 Å². The minimum absolute atomic E-state index is 0.203. The smallest absolute Gasteiger partial charge is 0.342 e. The van der Waals surface area contributed by atoms with E-state index in [-0.39, 0.29) is 11.8 Å². The quantitative estimate of drug-likeness (QED) is 0.630. The van der Waals surface area contributed by atoms with Gasteiger partial charge in [0.15, 0.2) is 6.10 Å². The van der Waals surface area contributed by atoms with E-state index in [0.717, 1.165) is 21.6 Å². The molecule has 0 fully saturated rings. The Kier molecular flexibility index (Phi) is 5.60. The van der Waals surface area contributed by atoms with Crippen LogP contribution in [0.25, 0.3) is 11.5 Å². The standard InChI is InChI=1S/C20H21N3O4S/c1-10-6-8-15(9-7-10)18-23-22-17(27-18)12(3)26-20(25)16-11(2)13(4)28-19(16)21-14(5)24/h6-9,12H,1-5H3,(H,21,24)/t12-/m0/s1. The van der Waals surface area contributed by atoms with Crippen molar-refractivity contribution in [1.29, 1.82) is 0 Å². The van der Waals surface area contributed by atoms with Crippen LogP contribution in [0, 0.1) is 20.8 Å². The van der Waals surface area contributed by atoms with Gasteiger partial charge in [-0.05, 0) is 45.4 Å². The fourth-order valence-corrected chi connectivity index (χ4v) is 3.70. The number of thiophene rings is 1. The van der Waals surface area contributed by atoms with Crippen LogP contribution in [0.1, 0.15) is 52.2 Å². The van der Waals surface area contributed by atoms with Gasteiger partial charge < -0.3 is 14.5 Å². The van der Waals surface area contributed by atoms with Crippen molar-refractivity contribution in [2.45, 2.75) is 40.7 Å². The molecule has 1 atom stereocenters. The number of amides is 1. The zero-order chi connectivity index (χ0) is 20.4. The van der Waals surface area contributed by atoms with E-state index in [1.54, 1.807) is 6.92 Å². The van der Waals surface area contributed by atoms with Crippen molar-refractivity contribution in [3.63, 3.8) is 0 Å².